The molecule has 726 valence electrons. The number of ether oxygens (including phenoxy) is 5. The molecule has 13 aromatic carbocycles. The van der Waals surface area contributed by atoms with Gasteiger partial charge < -0.3 is 29.0 Å². The smallest absolute Gasteiger partial charge is 0.231 e. The zero-order valence-corrected chi connectivity index (χ0v) is 82.9. The van der Waals surface area contributed by atoms with Gasteiger partial charge >= 0.3 is 0 Å². The van der Waals surface area contributed by atoms with Gasteiger partial charge in [0.1, 0.15) is 57.9 Å². The molecule has 9 N–H and O–H groups in total. The van der Waals surface area contributed by atoms with Crippen LogP contribution in [0.2, 0.25) is 15.1 Å². The highest BCUT2D eigenvalue weighted by molar-refractivity contribution is 9.10. The van der Waals surface area contributed by atoms with Crippen LogP contribution in [-0.2, 0) is 25.9 Å². The summed E-state index contributed by atoms with van der Waals surface area (Å²) in [7, 11) is 0. The first-order chi connectivity index (χ1) is 71.4. The van der Waals surface area contributed by atoms with Crippen molar-refractivity contribution in [1.82, 2.24) is 123 Å². The lowest BCUT2D eigenvalue weighted by Gasteiger charge is -2.09. The Morgan fingerprint density at radius 2 is 0.834 bits per heavy atom. The van der Waals surface area contributed by atoms with Gasteiger partial charge in [-0.15, -0.1) is 0 Å². The summed E-state index contributed by atoms with van der Waals surface area (Å²) in [6, 6.07) is 103. The molecule has 3 aliphatic heterocycles. The Morgan fingerprint density at radius 3 is 1.44 bits per heavy atom. The fraction of sp³-hybridized carbons (Fsp3) is 0.111. The fourth-order valence-electron chi connectivity index (χ4n) is 14.7. The molecule has 0 saturated heterocycles. The van der Waals surface area contributed by atoms with E-state index < -0.39 is 0 Å². The van der Waals surface area contributed by atoms with Gasteiger partial charge in [0.25, 0.3) is 0 Å². The number of para-hydroxylation sites is 2. The third kappa shape index (κ3) is 30.2. The summed E-state index contributed by atoms with van der Waals surface area (Å²) in [6.45, 7) is 6.93. The number of rotatable bonds is 23. The van der Waals surface area contributed by atoms with Gasteiger partial charge in [-0.1, -0.05) is 262 Å². The largest absolute Gasteiger partial charge is 0.488 e. The van der Waals surface area contributed by atoms with Crippen molar-refractivity contribution in [1.29, 1.82) is 0 Å². The van der Waals surface area contributed by atoms with E-state index >= 15 is 0 Å². The lowest BCUT2D eigenvalue weighted by Crippen LogP contribution is -2.03. The summed E-state index contributed by atoms with van der Waals surface area (Å²) in [5.41, 5.74) is 25.9. The molecule has 24 rings (SSSR count). The van der Waals surface area contributed by atoms with Crippen LogP contribution in [-0.4, -0.2) is 150 Å². The summed E-state index contributed by atoms with van der Waals surface area (Å²) in [5.74, 6) is 3.83. The number of H-pyrrole nitrogens is 8. The Hall–Kier alpha value is -17.2. The second-order valence-corrected chi connectivity index (χ2v) is 35.1. The molecule has 0 fully saturated rings. The van der Waals surface area contributed by atoms with E-state index in [-0.39, 0.29) is 13.6 Å². The predicted molar refractivity (Wildman–Crippen MR) is 566 cm³/mol. The van der Waals surface area contributed by atoms with Gasteiger partial charge in [-0.3, -0.25) is 0 Å². The number of nitrogens with one attached hydrogen (secondary N) is 9. The molecule has 0 bridgehead atoms. The van der Waals surface area contributed by atoms with Crippen molar-refractivity contribution in [3.05, 3.63) is 424 Å². The zero-order valence-electron chi connectivity index (χ0n) is 78.2. The minimum Gasteiger partial charge on any atom is -0.488 e. The predicted octanol–water partition coefficient (Wildman–Crippen LogP) is 25.0. The van der Waals surface area contributed by atoms with Gasteiger partial charge in [-0.25, -0.2) is 0 Å². The molecular formula is C108H95BrCl3N27O5S. The zero-order chi connectivity index (χ0) is 99.6. The number of halogens is 4. The van der Waals surface area contributed by atoms with Crippen LogP contribution in [0.3, 0.4) is 0 Å². The summed E-state index contributed by atoms with van der Waals surface area (Å²) in [5, 5.41) is 96.6. The normalized spacial score (nSPS) is 11.3. The SMILES string of the molecule is Brc1ccccc1-c1cn[nH]n1.C1=C(c2cccc(NCCCc3ccccc3)c2)CN=N1.Cc1ccc(-c2cn[nH]n2)c(C)c1.Clc1ccc(-c2cn[nH]n2)c(Cl)c1.Clc1ccc(Sc2ccccc2-c2cn[nH]n2)cc1.c1cc2c(c(-c3cn[nH]n3)c1)OCO2.c1cc2c(cc1-c1cn[nH]n1)OCO2.c1ccc(CCCc2cccc(-c3cn[nH]n3)c2)cc1.c1ccc(COc2ccccc2-c2cn[nH]n2)cc1. The molecule has 0 unspecified atom stereocenters. The first-order valence-corrected chi connectivity index (χ1v) is 48.4. The van der Waals surface area contributed by atoms with Crippen LogP contribution in [0.15, 0.2) is 390 Å². The number of hydrogen-bond donors (Lipinski definition) is 9. The standard InChI is InChI=1S/C18H19N3.C17H17N3.C15H13N3O.C14H10ClN3S.C10H11N3.2C9H7N3O2.C8H6BrN3.C8H5Cl2N3/c1-2-6-15(7-3-1)8-5-11-19-18-10-4-9-16(12-18)17-13-20-21-14-17;1-2-6-14(7-3-1)8-4-9-15-10-5-11-16(12-15)17-13-18-20-19-17;1-2-6-12(7-3-1)11-19-15-9-5-4-8-13(15)14-10-16-18-17-14;15-10-5-7-11(8-6-10)19-14-4-2-1-3-12(14)13-9-16-18-17-13;1-7-3-4-9(8(2)5-7)10-6-11-13-12-10;1-2-8-9(14-5-13-8)3-6(1)7-4-10-12-11-7;1-2-6(7-4-10-12-11-7)9-8(3-1)13-5-14-9;9-7-4-2-1-3-6(7)8-5-10-12-11-8;9-5-1-2-6(7(10)3-5)8-4-11-13-12-8/h1-4,6-7,9-10,12-13,19H,5,8,11,14H2;1-3,5-7,10-13H,4,8-9H2,(H,18,19,20);1-10H,11H2,(H,16,17,18);1-9H,(H,16,17,18);3-6H,1-2H3,(H,11,12,13);2*1-4H,5H2,(H,10,11,12);1-5H,(H,10,11,12);1-4H,(H,11,12,13). The van der Waals surface area contributed by atoms with E-state index in [1.807, 2.05) is 170 Å². The second kappa shape index (κ2) is 53.4. The molecule has 0 atom stereocenters. The first-order valence-electron chi connectivity index (χ1n) is 45.7. The lowest BCUT2D eigenvalue weighted by molar-refractivity contribution is 0.174. The Bertz CT molecular complexity index is 7420. The van der Waals surface area contributed by atoms with E-state index in [9.17, 15) is 0 Å². The number of azo groups is 1. The van der Waals surface area contributed by atoms with Gasteiger partial charge in [0.05, 0.1) is 67.3 Å². The summed E-state index contributed by atoms with van der Waals surface area (Å²) in [4.78, 5) is 2.28. The second-order valence-electron chi connectivity index (χ2n) is 31.9. The number of hydrogen-bond acceptors (Lipinski definition) is 25. The topological polar surface area (TPSA) is 415 Å². The van der Waals surface area contributed by atoms with E-state index in [0.717, 1.165) is 182 Å². The molecule has 21 aromatic rings. The quantitative estimate of drug-likeness (QED) is 0.0269. The molecule has 32 nitrogen and oxygen atoms in total. The van der Waals surface area contributed by atoms with Crippen LogP contribution >= 0.6 is 62.5 Å². The first kappa shape index (κ1) is 101. The Labute approximate surface area is 861 Å². The number of anilines is 1. The molecule has 11 heterocycles. The number of fused-ring (bicyclic) bond motifs is 2. The molecule has 0 saturated carbocycles. The third-order valence-corrected chi connectivity index (χ3v) is 24.4. The highest BCUT2D eigenvalue weighted by Gasteiger charge is 2.21. The van der Waals surface area contributed by atoms with Gasteiger partial charge in [-0.05, 0) is 195 Å². The maximum atomic E-state index is 5.95. The van der Waals surface area contributed by atoms with Crippen LogP contribution < -0.4 is 29.0 Å². The van der Waals surface area contributed by atoms with Gasteiger partial charge in [0.15, 0.2) is 23.0 Å². The number of nitrogens with zero attached hydrogens (tertiary/aromatic N) is 18. The minimum atomic E-state index is 0.268. The average Bonchev–Trinajstić information content (AvgIpc) is 1.67. The van der Waals surface area contributed by atoms with E-state index in [1.54, 1.807) is 73.5 Å². The minimum absolute atomic E-state index is 0.268. The van der Waals surface area contributed by atoms with Gasteiger partial charge in [-0.2, -0.15) is 134 Å². The summed E-state index contributed by atoms with van der Waals surface area (Å²) in [6.07, 6.45) is 20.9. The van der Waals surface area contributed by atoms with E-state index in [2.05, 4.69) is 302 Å². The van der Waals surface area contributed by atoms with Crippen molar-refractivity contribution in [2.75, 3.05) is 32.0 Å². The van der Waals surface area contributed by atoms with Crippen molar-refractivity contribution >= 4 is 73.8 Å². The van der Waals surface area contributed by atoms with Gasteiger partial charge in [0, 0.05) is 86.6 Å². The maximum Gasteiger partial charge on any atom is 0.231 e. The highest BCUT2D eigenvalue weighted by atomic mass is 79.9. The number of aromatic amines is 8. The highest BCUT2D eigenvalue weighted by Crippen LogP contribution is 2.42. The monoisotopic (exact) mass is 2070 g/mol. The maximum absolute atomic E-state index is 5.95. The average molecular weight is 2070 g/mol. The van der Waals surface area contributed by atoms with Crippen LogP contribution in [0.1, 0.15) is 51.8 Å². The van der Waals surface area contributed by atoms with Crippen LogP contribution in [0.4, 0.5) is 5.69 Å². The van der Waals surface area contributed by atoms with Crippen molar-refractivity contribution in [3.63, 3.8) is 0 Å². The molecule has 3 aliphatic rings. The third-order valence-electron chi connectivity index (χ3n) is 21.9. The molecule has 0 aliphatic carbocycles. The Kier molecular flexibility index (Phi) is 37.1. The molecular weight excluding hydrogens is 1970 g/mol. The van der Waals surface area contributed by atoms with Crippen LogP contribution in [0.5, 0.6) is 28.7 Å². The molecule has 0 amide bonds. The molecule has 37 heteroatoms. The summed E-state index contributed by atoms with van der Waals surface area (Å²) >= 11 is 22.7. The molecule has 8 aromatic heterocycles. The van der Waals surface area contributed by atoms with E-state index in [0.29, 0.717) is 28.9 Å². The summed E-state index contributed by atoms with van der Waals surface area (Å²) < 4.78 is 28.0. The fourth-order valence-corrected chi connectivity index (χ4v) is 16.8. The Morgan fingerprint density at radius 1 is 0.359 bits per heavy atom. The molecule has 0 radical (unpaired) electrons. The molecule has 145 heavy (non-hydrogen) atoms. The van der Waals surface area contributed by atoms with Crippen LogP contribution in [0, 0.1) is 13.8 Å². The van der Waals surface area contributed by atoms with Crippen molar-refractivity contribution in [2.45, 2.75) is 62.3 Å². The van der Waals surface area contributed by atoms with E-state index in [4.69, 9.17) is 58.5 Å². The lowest BCUT2D eigenvalue weighted by atomic mass is 10.0. The number of aryl methyl sites for hydroxylation is 5. The van der Waals surface area contributed by atoms with Crippen molar-refractivity contribution in [3.8, 4) is 119 Å². The van der Waals surface area contributed by atoms with Crippen LogP contribution in [0.25, 0.3) is 95.6 Å². The van der Waals surface area contributed by atoms with Crippen molar-refractivity contribution in [2.24, 2.45) is 10.2 Å². The molecule has 0 spiro atoms. The Balaban J connectivity index is 0.000000118. The number of benzene rings is 13. The van der Waals surface area contributed by atoms with Gasteiger partial charge in [0.2, 0.25) is 13.6 Å². The van der Waals surface area contributed by atoms with Crippen molar-refractivity contribution < 1.29 is 23.7 Å². The number of aromatic nitrogens is 24. The van der Waals surface area contributed by atoms with E-state index in [1.165, 1.54) is 39.0 Å².